The number of imide groups is 2. The Kier molecular flexibility index (Phi) is 4.85. The number of rotatable bonds is 2. The van der Waals surface area contributed by atoms with Crippen molar-refractivity contribution in [2.45, 2.75) is 69.6 Å². The molecule has 0 saturated heterocycles. The van der Waals surface area contributed by atoms with E-state index in [1.807, 2.05) is 0 Å². The molecule has 0 spiro atoms. The van der Waals surface area contributed by atoms with Crippen LogP contribution in [0.2, 0.25) is 0 Å². The molecule has 182 valence electrons. The Morgan fingerprint density at radius 3 is 1.26 bits per heavy atom. The van der Waals surface area contributed by atoms with Crippen LogP contribution >= 0.6 is 0 Å². The zero-order chi connectivity index (χ0) is 24.6. The van der Waals surface area contributed by atoms with Crippen molar-refractivity contribution in [1.29, 1.82) is 0 Å². The molecule has 0 N–H and O–H groups in total. The van der Waals surface area contributed by atoms with Crippen molar-refractivity contribution < 1.29 is 32.3 Å². The van der Waals surface area contributed by atoms with Crippen LogP contribution in [0.15, 0.2) is 24.3 Å². The van der Waals surface area contributed by atoms with Gasteiger partial charge in [0.15, 0.2) is 0 Å². The molecule has 2 aliphatic carbocycles. The molecule has 0 bridgehead atoms. The number of nitrogens with zero attached hydrogens (tertiary/aromatic N) is 2. The molecule has 2 aliphatic heterocycles. The van der Waals surface area contributed by atoms with Gasteiger partial charge < -0.3 is 0 Å². The average molecular weight is 484 g/mol. The third-order valence-corrected chi connectivity index (χ3v) is 8.17. The third kappa shape index (κ3) is 3.16. The van der Waals surface area contributed by atoms with Crippen molar-refractivity contribution in [2.75, 3.05) is 0 Å². The van der Waals surface area contributed by atoms with Gasteiger partial charge in [-0.2, -0.15) is 13.2 Å². The Morgan fingerprint density at radius 1 is 0.571 bits per heavy atom. The molecule has 0 atom stereocenters. The van der Waals surface area contributed by atoms with E-state index in [1.54, 1.807) is 0 Å². The summed E-state index contributed by atoms with van der Waals surface area (Å²) in [5.41, 5.74) is 1.000. The minimum Gasteiger partial charge on any atom is -0.271 e. The molecule has 4 aliphatic rings. The first kappa shape index (κ1) is 22.2. The molecule has 2 aromatic carbocycles. The number of halogens is 3. The Hall–Kier alpha value is -3.23. The zero-order valence-corrected chi connectivity index (χ0v) is 18.9. The van der Waals surface area contributed by atoms with Gasteiger partial charge in [-0.15, -0.1) is 0 Å². The van der Waals surface area contributed by atoms with Crippen LogP contribution in [0.1, 0.15) is 92.8 Å². The van der Waals surface area contributed by atoms with Gasteiger partial charge in [0.25, 0.3) is 23.6 Å². The molecule has 2 heterocycles. The Morgan fingerprint density at radius 2 is 0.914 bits per heavy atom. The van der Waals surface area contributed by atoms with E-state index in [0.29, 0.717) is 21.9 Å². The van der Waals surface area contributed by atoms with Crippen LogP contribution in [-0.4, -0.2) is 51.7 Å². The van der Waals surface area contributed by atoms with E-state index >= 15 is 0 Å². The van der Waals surface area contributed by atoms with Crippen molar-refractivity contribution in [2.24, 2.45) is 5.92 Å². The average Bonchev–Trinajstić information content (AvgIpc) is 3.35. The maximum absolute atomic E-state index is 13.5. The first-order valence-electron chi connectivity index (χ1n) is 12.1. The second kappa shape index (κ2) is 7.63. The maximum Gasteiger partial charge on any atom is 0.391 e. The number of benzene rings is 2. The van der Waals surface area contributed by atoms with E-state index < -0.39 is 41.8 Å². The summed E-state index contributed by atoms with van der Waals surface area (Å²) in [5.74, 6) is -3.41. The second-order valence-electron chi connectivity index (χ2n) is 10.0. The number of carbonyl (C=O) groups is 4. The number of amides is 4. The molecule has 0 aromatic heterocycles. The number of hydrogen-bond acceptors (Lipinski definition) is 4. The van der Waals surface area contributed by atoms with Gasteiger partial charge in [-0.1, -0.05) is 12.8 Å². The lowest BCUT2D eigenvalue weighted by Crippen LogP contribution is -2.50. The monoisotopic (exact) mass is 484 g/mol. The van der Waals surface area contributed by atoms with Crippen LogP contribution in [0.5, 0.6) is 0 Å². The van der Waals surface area contributed by atoms with Gasteiger partial charge in [-0.25, -0.2) is 0 Å². The summed E-state index contributed by atoms with van der Waals surface area (Å²) in [7, 11) is 0. The lowest BCUT2D eigenvalue weighted by molar-refractivity contribution is -0.183. The van der Waals surface area contributed by atoms with Crippen molar-refractivity contribution in [3.8, 4) is 0 Å². The molecule has 6 rings (SSSR count). The van der Waals surface area contributed by atoms with Crippen molar-refractivity contribution >= 4 is 34.4 Å². The fraction of sp³-hybridized carbons (Fsp3) is 0.462. The molecule has 2 aromatic rings. The SMILES string of the molecule is O=C1c2ccc3c4c(ccc(c24)C(=O)N1C1CCCC1)C(=O)N(C1CCC(C(F)(F)F)CC1)C3=O. The van der Waals surface area contributed by atoms with Gasteiger partial charge in [0.05, 0.1) is 5.92 Å². The van der Waals surface area contributed by atoms with E-state index in [9.17, 15) is 32.3 Å². The van der Waals surface area contributed by atoms with Crippen LogP contribution in [0.25, 0.3) is 10.8 Å². The summed E-state index contributed by atoms with van der Waals surface area (Å²) < 4.78 is 39.3. The standard InChI is InChI=1S/C26H23F3N2O4/c27-26(28,29)13-5-7-15(8-6-13)31-24(34)18-11-9-16-20-17(10-12-19(21(18)20)25(31)35)23(33)30(22(16)32)14-3-1-2-4-14/h9-15H,1-8H2. The van der Waals surface area contributed by atoms with Gasteiger partial charge in [-0.3, -0.25) is 29.0 Å². The van der Waals surface area contributed by atoms with Crippen molar-refractivity contribution in [1.82, 2.24) is 9.80 Å². The summed E-state index contributed by atoms with van der Waals surface area (Å²) in [4.78, 5) is 56.0. The van der Waals surface area contributed by atoms with E-state index in [4.69, 9.17) is 0 Å². The third-order valence-electron chi connectivity index (χ3n) is 8.17. The highest BCUT2D eigenvalue weighted by atomic mass is 19.4. The van der Waals surface area contributed by atoms with Gasteiger partial charge in [0, 0.05) is 45.1 Å². The predicted molar refractivity (Wildman–Crippen MR) is 119 cm³/mol. The fourth-order valence-corrected chi connectivity index (χ4v) is 6.40. The Labute approximate surface area is 199 Å². The van der Waals surface area contributed by atoms with Gasteiger partial charge in [0.1, 0.15) is 0 Å². The van der Waals surface area contributed by atoms with E-state index in [-0.39, 0.29) is 42.9 Å². The molecule has 2 saturated carbocycles. The molecule has 0 radical (unpaired) electrons. The van der Waals surface area contributed by atoms with Crippen LogP contribution < -0.4 is 0 Å². The fourth-order valence-electron chi connectivity index (χ4n) is 6.40. The molecule has 0 unspecified atom stereocenters. The molecule has 9 heteroatoms. The molecule has 35 heavy (non-hydrogen) atoms. The van der Waals surface area contributed by atoms with Crippen molar-refractivity contribution in [3.63, 3.8) is 0 Å². The van der Waals surface area contributed by atoms with E-state index in [1.165, 1.54) is 29.2 Å². The summed E-state index contributed by atoms with van der Waals surface area (Å²) in [6.07, 6.45) is -0.963. The number of hydrogen-bond donors (Lipinski definition) is 0. The lowest BCUT2D eigenvalue weighted by atomic mass is 9.82. The zero-order valence-electron chi connectivity index (χ0n) is 18.9. The first-order valence-corrected chi connectivity index (χ1v) is 12.1. The van der Waals surface area contributed by atoms with E-state index in [2.05, 4.69) is 0 Å². The topological polar surface area (TPSA) is 74.8 Å². The van der Waals surface area contributed by atoms with Gasteiger partial charge in [0.2, 0.25) is 0 Å². The van der Waals surface area contributed by atoms with Crippen molar-refractivity contribution in [3.05, 3.63) is 46.5 Å². The van der Waals surface area contributed by atoms with Crippen LogP contribution in [-0.2, 0) is 0 Å². The molecular weight excluding hydrogens is 461 g/mol. The highest BCUT2D eigenvalue weighted by Crippen LogP contribution is 2.43. The first-order chi connectivity index (χ1) is 16.7. The summed E-state index contributed by atoms with van der Waals surface area (Å²) in [6.45, 7) is 0. The molecular formula is C26H23F3N2O4. The van der Waals surface area contributed by atoms with Gasteiger partial charge in [-0.05, 0) is 62.8 Å². The van der Waals surface area contributed by atoms with Crippen LogP contribution in [0.3, 0.4) is 0 Å². The Bertz CT molecular complexity index is 1230. The summed E-state index contributed by atoms with van der Waals surface area (Å²) in [6, 6.07) is 5.31. The van der Waals surface area contributed by atoms with Crippen LogP contribution in [0, 0.1) is 5.92 Å². The normalized spacial score (nSPS) is 25.2. The number of alkyl halides is 3. The minimum absolute atomic E-state index is 0.0869. The quantitative estimate of drug-likeness (QED) is 0.557. The number of carbonyl (C=O) groups excluding carboxylic acids is 4. The summed E-state index contributed by atoms with van der Waals surface area (Å²) in [5, 5.41) is 0.620. The molecule has 4 amide bonds. The minimum atomic E-state index is -4.29. The largest absolute Gasteiger partial charge is 0.391 e. The maximum atomic E-state index is 13.5. The lowest BCUT2D eigenvalue weighted by Gasteiger charge is -2.39. The highest BCUT2D eigenvalue weighted by Gasteiger charge is 2.46. The highest BCUT2D eigenvalue weighted by molar-refractivity contribution is 6.33. The van der Waals surface area contributed by atoms with Crippen LogP contribution in [0.4, 0.5) is 13.2 Å². The molecule has 6 nitrogen and oxygen atoms in total. The smallest absolute Gasteiger partial charge is 0.271 e. The predicted octanol–water partition coefficient (Wildman–Crippen LogP) is 5.10. The summed E-state index contributed by atoms with van der Waals surface area (Å²) >= 11 is 0. The second-order valence-corrected chi connectivity index (χ2v) is 10.0. The Balaban J connectivity index is 1.40. The molecule has 2 fully saturated rings. The van der Waals surface area contributed by atoms with Gasteiger partial charge >= 0.3 is 6.18 Å². The van der Waals surface area contributed by atoms with E-state index in [0.717, 1.165) is 30.6 Å².